The van der Waals surface area contributed by atoms with Gasteiger partial charge in [0.05, 0.1) is 16.0 Å². The quantitative estimate of drug-likeness (QED) is 0.656. The third-order valence-corrected chi connectivity index (χ3v) is 2.73. The molecule has 0 aromatic heterocycles. The van der Waals surface area contributed by atoms with Gasteiger partial charge in [-0.2, -0.15) is 0 Å². The van der Waals surface area contributed by atoms with Crippen molar-refractivity contribution >= 4 is 23.5 Å². The van der Waals surface area contributed by atoms with Crippen molar-refractivity contribution in [2.45, 2.75) is 13.3 Å². The minimum absolute atomic E-state index is 0.00906. The fraction of sp³-hybridized carbons (Fsp3) is 0.333. The van der Waals surface area contributed by atoms with Gasteiger partial charge in [0.15, 0.2) is 0 Å². The molecule has 0 aromatic rings. The topological polar surface area (TPSA) is 101 Å². The molecule has 82 valence electrons. The van der Waals surface area contributed by atoms with E-state index in [1.807, 2.05) is 0 Å². The molecule has 0 saturated carbocycles. The van der Waals surface area contributed by atoms with Crippen LogP contribution in [-0.4, -0.2) is 22.2 Å². The number of rotatable bonds is 2. The van der Waals surface area contributed by atoms with Gasteiger partial charge in [0.2, 0.25) is 0 Å². The second kappa shape index (κ2) is 3.58. The summed E-state index contributed by atoms with van der Waals surface area (Å²) < 4.78 is 0. The highest BCUT2D eigenvalue weighted by atomic mass is 35.5. The van der Waals surface area contributed by atoms with Crippen LogP contribution in [0, 0.1) is 5.41 Å². The summed E-state index contributed by atoms with van der Waals surface area (Å²) in [5.74, 6) is -2.38. The summed E-state index contributed by atoms with van der Waals surface area (Å²) in [6.07, 6.45) is 1.10. The molecule has 1 rings (SSSR count). The molecule has 0 spiro atoms. The van der Waals surface area contributed by atoms with Crippen LogP contribution in [-0.2, 0) is 9.59 Å². The van der Waals surface area contributed by atoms with Gasteiger partial charge in [-0.3, -0.25) is 4.79 Å². The maximum Gasteiger partial charge on any atom is 0.333 e. The lowest BCUT2D eigenvalue weighted by molar-refractivity contribution is -0.145. The zero-order valence-corrected chi connectivity index (χ0v) is 8.71. The van der Waals surface area contributed by atoms with Gasteiger partial charge in [-0.1, -0.05) is 11.6 Å². The van der Waals surface area contributed by atoms with Gasteiger partial charge in [0, 0.05) is 12.1 Å². The summed E-state index contributed by atoms with van der Waals surface area (Å²) in [6, 6.07) is 0. The molecule has 6 heteroatoms. The lowest BCUT2D eigenvalue weighted by Crippen LogP contribution is -2.31. The Hall–Kier alpha value is -1.49. The Labute approximate surface area is 90.8 Å². The maximum absolute atomic E-state index is 10.9. The fourth-order valence-corrected chi connectivity index (χ4v) is 1.59. The van der Waals surface area contributed by atoms with Crippen molar-refractivity contribution in [3.05, 3.63) is 22.4 Å². The molecule has 1 aliphatic rings. The van der Waals surface area contributed by atoms with Crippen LogP contribution in [0.15, 0.2) is 22.4 Å². The van der Waals surface area contributed by atoms with E-state index in [1.165, 1.54) is 13.0 Å². The van der Waals surface area contributed by atoms with Crippen molar-refractivity contribution in [1.29, 1.82) is 0 Å². The van der Waals surface area contributed by atoms with Gasteiger partial charge in [0.25, 0.3) is 0 Å². The maximum atomic E-state index is 10.9. The SMILES string of the molecule is CC1(C(=O)O)C=C(N)C(Cl)=C(C(=O)O)C1. The van der Waals surface area contributed by atoms with Crippen molar-refractivity contribution in [2.24, 2.45) is 11.1 Å². The Morgan fingerprint density at radius 2 is 2.07 bits per heavy atom. The average molecular weight is 232 g/mol. The van der Waals surface area contributed by atoms with Crippen molar-refractivity contribution < 1.29 is 19.8 Å². The molecule has 0 aliphatic heterocycles. The molecule has 15 heavy (non-hydrogen) atoms. The third-order valence-electron chi connectivity index (χ3n) is 2.28. The molecule has 0 fully saturated rings. The van der Waals surface area contributed by atoms with E-state index in [1.54, 1.807) is 0 Å². The monoisotopic (exact) mass is 231 g/mol. The number of carbonyl (C=O) groups is 2. The van der Waals surface area contributed by atoms with Gasteiger partial charge in [0.1, 0.15) is 0 Å². The van der Waals surface area contributed by atoms with Crippen LogP contribution >= 0.6 is 11.6 Å². The van der Waals surface area contributed by atoms with E-state index in [9.17, 15) is 9.59 Å². The van der Waals surface area contributed by atoms with Crippen LogP contribution in [0.25, 0.3) is 0 Å². The summed E-state index contributed by atoms with van der Waals surface area (Å²) in [6.45, 7) is 1.40. The molecular formula is C9H10ClNO4. The largest absolute Gasteiger partial charge is 0.481 e. The van der Waals surface area contributed by atoms with E-state index in [-0.39, 0.29) is 22.7 Å². The minimum Gasteiger partial charge on any atom is -0.481 e. The van der Waals surface area contributed by atoms with Gasteiger partial charge in [-0.25, -0.2) is 4.79 Å². The summed E-state index contributed by atoms with van der Waals surface area (Å²) >= 11 is 5.67. The second-order valence-electron chi connectivity index (χ2n) is 3.60. The number of carboxylic acids is 2. The molecule has 0 heterocycles. The number of allylic oxidation sites excluding steroid dienone is 1. The van der Waals surface area contributed by atoms with Crippen LogP contribution in [0.1, 0.15) is 13.3 Å². The highest BCUT2D eigenvalue weighted by molar-refractivity contribution is 6.34. The molecular weight excluding hydrogens is 222 g/mol. The van der Waals surface area contributed by atoms with Crippen molar-refractivity contribution in [2.75, 3.05) is 0 Å². The molecule has 4 N–H and O–H groups in total. The molecule has 1 aliphatic carbocycles. The number of nitrogens with two attached hydrogens (primary N) is 1. The minimum atomic E-state index is -1.31. The highest BCUT2D eigenvalue weighted by Crippen LogP contribution is 2.37. The second-order valence-corrected chi connectivity index (χ2v) is 3.97. The van der Waals surface area contributed by atoms with E-state index in [0.29, 0.717) is 0 Å². The standard InChI is InChI=1S/C9H10ClNO4/c1-9(8(14)15)2-4(7(12)13)6(10)5(11)3-9/h3H,2,11H2,1H3,(H,12,13)(H,14,15). The Morgan fingerprint density at radius 3 is 2.47 bits per heavy atom. The summed E-state index contributed by atoms with van der Waals surface area (Å²) in [5, 5.41) is 17.7. The van der Waals surface area contributed by atoms with Crippen LogP contribution in [0.4, 0.5) is 0 Å². The van der Waals surface area contributed by atoms with Gasteiger partial charge >= 0.3 is 11.9 Å². The van der Waals surface area contributed by atoms with E-state index in [4.69, 9.17) is 27.5 Å². The van der Waals surface area contributed by atoms with Gasteiger partial charge in [-0.05, 0) is 13.0 Å². The van der Waals surface area contributed by atoms with Crippen molar-refractivity contribution in [3.8, 4) is 0 Å². The number of hydrogen-bond acceptors (Lipinski definition) is 3. The highest BCUT2D eigenvalue weighted by Gasteiger charge is 2.38. The summed E-state index contributed by atoms with van der Waals surface area (Å²) in [4.78, 5) is 21.7. The smallest absolute Gasteiger partial charge is 0.333 e. The summed E-state index contributed by atoms with van der Waals surface area (Å²) in [7, 11) is 0. The predicted octanol–water partition coefficient (Wildman–Crippen LogP) is 0.901. The average Bonchev–Trinajstić information content (AvgIpc) is 2.10. The van der Waals surface area contributed by atoms with Crippen LogP contribution in [0.3, 0.4) is 0 Å². The lowest BCUT2D eigenvalue weighted by Gasteiger charge is -2.26. The van der Waals surface area contributed by atoms with Gasteiger partial charge in [-0.15, -0.1) is 0 Å². The molecule has 0 saturated heterocycles. The van der Waals surface area contributed by atoms with Crippen molar-refractivity contribution in [1.82, 2.24) is 0 Å². The number of aliphatic carboxylic acids is 2. The number of halogens is 1. The first-order valence-electron chi connectivity index (χ1n) is 4.12. The van der Waals surface area contributed by atoms with Crippen LogP contribution < -0.4 is 5.73 Å². The Bertz CT molecular complexity index is 399. The zero-order valence-electron chi connectivity index (χ0n) is 7.95. The molecule has 0 aromatic carbocycles. The molecule has 1 unspecified atom stereocenters. The van der Waals surface area contributed by atoms with Crippen LogP contribution in [0.5, 0.6) is 0 Å². The predicted molar refractivity (Wildman–Crippen MR) is 53.1 cm³/mol. The van der Waals surface area contributed by atoms with Gasteiger partial charge < -0.3 is 15.9 Å². The number of carboxylic acid groups (broad SMARTS) is 2. The van der Waals surface area contributed by atoms with E-state index < -0.39 is 17.4 Å². The molecule has 0 amide bonds. The molecule has 1 atom stereocenters. The number of hydrogen-bond donors (Lipinski definition) is 3. The molecule has 0 bridgehead atoms. The van der Waals surface area contributed by atoms with E-state index >= 15 is 0 Å². The first kappa shape index (κ1) is 11.6. The third kappa shape index (κ3) is 1.97. The van der Waals surface area contributed by atoms with Crippen LogP contribution in [0.2, 0.25) is 0 Å². The fourth-order valence-electron chi connectivity index (χ4n) is 1.38. The first-order chi connectivity index (χ1) is 6.78. The Balaban J connectivity index is 3.23. The summed E-state index contributed by atoms with van der Waals surface area (Å²) in [5.41, 5.74) is 3.98. The van der Waals surface area contributed by atoms with E-state index in [2.05, 4.69) is 0 Å². The Kier molecular flexibility index (Phi) is 2.77. The normalized spacial score (nSPS) is 26.1. The molecule has 5 nitrogen and oxygen atoms in total. The zero-order chi connectivity index (χ0) is 11.8. The Morgan fingerprint density at radius 1 is 1.53 bits per heavy atom. The first-order valence-corrected chi connectivity index (χ1v) is 4.50. The van der Waals surface area contributed by atoms with E-state index in [0.717, 1.165) is 0 Å². The van der Waals surface area contributed by atoms with Crippen molar-refractivity contribution in [3.63, 3.8) is 0 Å². The lowest BCUT2D eigenvalue weighted by atomic mass is 9.79. The molecule has 0 radical (unpaired) electrons.